The lowest BCUT2D eigenvalue weighted by Crippen LogP contribution is -2.03. The predicted octanol–water partition coefficient (Wildman–Crippen LogP) is 1.21. The van der Waals surface area contributed by atoms with E-state index in [1.807, 2.05) is 0 Å². The van der Waals surface area contributed by atoms with Crippen LogP contribution in [0.25, 0.3) is 0 Å². The molecule has 1 aromatic rings. The van der Waals surface area contributed by atoms with Gasteiger partial charge in [0.2, 0.25) is 0 Å². The van der Waals surface area contributed by atoms with Crippen molar-refractivity contribution in [2.75, 3.05) is 6.26 Å². The molecular weight excluding hydrogens is 214 g/mol. The van der Waals surface area contributed by atoms with Gasteiger partial charge in [-0.1, -0.05) is 17.7 Å². The molecule has 0 N–H and O–H groups in total. The van der Waals surface area contributed by atoms with Gasteiger partial charge in [0.05, 0.1) is 11.9 Å². The molecule has 6 heteroatoms. The fourth-order valence-electron chi connectivity index (χ4n) is 0.698. The first kappa shape index (κ1) is 10.4. The van der Waals surface area contributed by atoms with Gasteiger partial charge in [-0.15, -0.1) is 0 Å². The SMILES string of the molecule is CS(=O)(=O)OCc1cccc(Cl)n1. The van der Waals surface area contributed by atoms with Crippen molar-refractivity contribution in [3.8, 4) is 0 Å². The Kier molecular flexibility index (Phi) is 3.24. The Morgan fingerprint density at radius 3 is 2.77 bits per heavy atom. The van der Waals surface area contributed by atoms with E-state index >= 15 is 0 Å². The van der Waals surface area contributed by atoms with Crippen molar-refractivity contribution in [3.63, 3.8) is 0 Å². The highest BCUT2D eigenvalue weighted by molar-refractivity contribution is 7.85. The maximum atomic E-state index is 10.6. The number of hydrogen-bond acceptors (Lipinski definition) is 4. The van der Waals surface area contributed by atoms with Crippen LogP contribution in [0.4, 0.5) is 0 Å². The van der Waals surface area contributed by atoms with Crippen LogP contribution in [0.5, 0.6) is 0 Å². The molecule has 0 aromatic carbocycles. The summed E-state index contributed by atoms with van der Waals surface area (Å²) in [6, 6.07) is 4.92. The highest BCUT2D eigenvalue weighted by atomic mass is 35.5. The normalized spacial score (nSPS) is 11.5. The van der Waals surface area contributed by atoms with Gasteiger partial charge in [-0.3, -0.25) is 4.18 Å². The predicted molar refractivity (Wildman–Crippen MR) is 48.9 cm³/mol. The molecular formula is C7H8ClNO3S. The van der Waals surface area contributed by atoms with Crippen molar-refractivity contribution >= 4 is 21.7 Å². The second-order valence-corrected chi connectivity index (χ2v) is 4.45. The van der Waals surface area contributed by atoms with Crippen LogP contribution in [-0.2, 0) is 20.9 Å². The Bertz CT molecular complexity index is 390. The summed E-state index contributed by atoms with van der Waals surface area (Å²) >= 11 is 5.58. The van der Waals surface area contributed by atoms with Crippen molar-refractivity contribution in [3.05, 3.63) is 29.0 Å². The molecule has 0 unspecified atom stereocenters. The highest BCUT2D eigenvalue weighted by Crippen LogP contribution is 2.06. The number of halogens is 1. The van der Waals surface area contributed by atoms with Crippen molar-refractivity contribution in [1.29, 1.82) is 0 Å². The first-order valence-electron chi connectivity index (χ1n) is 3.43. The number of pyridine rings is 1. The molecule has 0 saturated carbocycles. The molecule has 1 heterocycles. The summed E-state index contributed by atoms with van der Waals surface area (Å²) in [6.45, 7) is -0.0839. The molecule has 0 aliphatic rings. The topological polar surface area (TPSA) is 56.3 Å². The van der Waals surface area contributed by atoms with Crippen LogP contribution < -0.4 is 0 Å². The van der Waals surface area contributed by atoms with Gasteiger partial charge in [0, 0.05) is 0 Å². The van der Waals surface area contributed by atoms with E-state index in [4.69, 9.17) is 11.6 Å². The summed E-state index contributed by atoms with van der Waals surface area (Å²) in [7, 11) is -3.42. The first-order valence-corrected chi connectivity index (χ1v) is 5.63. The molecule has 0 saturated heterocycles. The van der Waals surface area contributed by atoms with Crippen molar-refractivity contribution in [2.45, 2.75) is 6.61 Å². The zero-order valence-corrected chi connectivity index (χ0v) is 8.47. The van der Waals surface area contributed by atoms with Crippen LogP contribution in [-0.4, -0.2) is 19.7 Å². The third-order valence-corrected chi connectivity index (χ3v) is 1.95. The van der Waals surface area contributed by atoms with Crippen LogP contribution in [0.15, 0.2) is 18.2 Å². The van der Waals surface area contributed by atoms with Gasteiger partial charge >= 0.3 is 0 Å². The zero-order chi connectivity index (χ0) is 9.90. The molecule has 4 nitrogen and oxygen atoms in total. The quantitative estimate of drug-likeness (QED) is 0.569. The Hall–Kier alpha value is -0.650. The molecule has 1 aromatic heterocycles. The molecule has 1 rings (SSSR count). The molecule has 0 aliphatic heterocycles. The van der Waals surface area contributed by atoms with Crippen LogP contribution in [0.2, 0.25) is 5.15 Å². The molecule has 0 aliphatic carbocycles. The third kappa shape index (κ3) is 4.21. The van der Waals surface area contributed by atoms with E-state index in [1.54, 1.807) is 18.2 Å². The van der Waals surface area contributed by atoms with Crippen molar-refractivity contribution in [2.24, 2.45) is 0 Å². The average Bonchev–Trinajstić information content (AvgIpc) is 2.00. The summed E-state index contributed by atoms with van der Waals surface area (Å²) in [5, 5.41) is 0.314. The van der Waals surface area contributed by atoms with Gasteiger partial charge in [0.25, 0.3) is 10.1 Å². The molecule has 0 bridgehead atoms. The zero-order valence-electron chi connectivity index (χ0n) is 6.90. The molecule has 72 valence electrons. The monoisotopic (exact) mass is 221 g/mol. The molecule has 0 spiro atoms. The third-order valence-electron chi connectivity index (χ3n) is 1.19. The average molecular weight is 222 g/mol. The van der Waals surface area contributed by atoms with Gasteiger partial charge in [0.15, 0.2) is 0 Å². The number of hydrogen-bond donors (Lipinski definition) is 0. The lowest BCUT2D eigenvalue weighted by Gasteiger charge is -2.00. The number of nitrogens with zero attached hydrogens (tertiary/aromatic N) is 1. The number of rotatable bonds is 3. The van der Waals surface area contributed by atoms with E-state index in [0.717, 1.165) is 6.26 Å². The fraction of sp³-hybridized carbons (Fsp3) is 0.286. The van der Waals surface area contributed by atoms with E-state index in [0.29, 0.717) is 10.8 Å². The summed E-state index contributed by atoms with van der Waals surface area (Å²) in [4.78, 5) is 3.85. The Labute approximate surface area is 81.6 Å². The Morgan fingerprint density at radius 2 is 2.23 bits per heavy atom. The Morgan fingerprint density at radius 1 is 1.54 bits per heavy atom. The van der Waals surface area contributed by atoms with Gasteiger partial charge in [-0.05, 0) is 12.1 Å². The maximum absolute atomic E-state index is 10.6. The maximum Gasteiger partial charge on any atom is 0.264 e. The van der Waals surface area contributed by atoms with Crippen LogP contribution >= 0.6 is 11.6 Å². The van der Waals surface area contributed by atoms with Gasteiger partial charge < -0.3 is 0 Å². The summed E-state index contributed by atoms with van der Waals surface area (Å²) in [6.07, 6.45) is 0.984. The lowest BCUT2D eigenvalue weighted by atomic mass is 10.4. The molecule has 0 fully saturated rings. The van der Waals surface area contributed by atoms with Crippen LogP contribution in [0, 0.1) is 0 Å². The van der Waals surface area contributed by atoms with E-state index in [2.05, 4.69) is 9.17 Å². The van der Waals surface area contributed by atoms with Gasteiger partial charge in [-0.25, -0.2) is 4.98 Å². The van der Waals surface area contributed by atoms with E-state index in [-0.39, 0.29) is 6.61 Å². The fourth-order valence-corrected chi connectivity index (χ4v) is 1.21. The van der Waals surface area contributed by atoms with Crippen LogP contribution in [0.3, 0.4) is 0 Å². The molecule has 0 amide bonds. The second kappa shape index (κ2) is 4.04. The van der Waals surface area contributed by atoms with Crippen molar-refractivity contribution < 1.29 is 12.6 Å². The molecule has 0 atom stereocenters. The summed E-state index contributed by atoms with van der Waals surface area (Å²) in [5.41, 5.74) is 0.484. The van der Waals surface area contributed by atoms with E-state index in [1.165, 1.54) is 0 Å². The van der Waals surface area contributed by atoms with E-state index in [9.17, 15) is 8.42 Å². The van der Waals surface area contributed by atoms with E-state index < -0.39 is 10.1 Å². The number of aromatic nitrogens is 1. The second-order valence-electron chi connectivity index (χ2n) is 2.42. The highest BCUT2D eigenvalue weighted by Gasteiger charge is 2.03. The minimum absolute atomic E-state index is 0.0839. The standard InChI is InChI=1S/C7H8ClNO3S/c1-13(10,11)12-5-6-3-2-4-7(8)9-6/h2-4H,5H2,1H3. The largest absolute Gasteiger partial charge is 0.264 e. The summed E-state index contributed by atoms with van der Waals surface area (Å²) in [5.74, 6) is 0. The van der Waals surface area contributed by atoms with Gasteiger partial charge in [-0.2, -0.15) is 8.42 Å². The smallest absolute Gasteiger partial charge is 0.264 e. The minimum atomic E-state index is -3.42. The van der Waals surface area contributed by atoms with Crippen molar-refractivity contribution in [1.82, 2.24) is 4.98 Å². The lowest BCUT2D eigenvalue weighted by molar-refractivity contribution is 0.307. The molecule has 0 radical (unpaired) electrons. The Balaban J connectivity index is 2.65. The van der Waals surface area contributed by atoms with Gasteiger partial charge in [0.1, 0.15) is 11.8 Å². The van der Waals surface area contributed by atoms with Crippen LogP contribution in [0.1, 0.15) is 5.69 Å². The summed E-state index contributed by atoms with van der Waals surface area (Å²) < 4.78 is 25.7. The minimum Gasteiger partial charge on any atom is -0.264 e. The molecule has 13 heavy (non-hydrogen) atoms. The first-order chi connectivity index (χ1) is 5.97.